The van der Waals surface area contributed by atoms with E-state index in [2.05, 4.69) is 0 Å². The molecule has 26 heavy (non-hydrogen) atoms. The summed E-state index contributed by atoms with van der Waals surface area (Å²) < 4.78 is 0. The van der Waals surface area contributed by atoms with Crippen molar-refractivity contribution in [3.8, 4) is 0 Å². The average molecular weight is 356 g/mol. The highest BCUT2D eigenvalue weighted by molar-refractivity contribution is 6.03. The highest BCUT2D eigenvalue weighted by Crippen LogP contribution is 2.43. The van der Waals surface area contributed by atoms with Crippen molar-refractivity contribution in [2.24, 2.45) is 5.92 Å². The average Bonchev–Trinajstić information content (AvgIpc) is 3.04. The van der Waals surface area contributed by atoms with Crippen molar-refractivity contribution >= 4 is 23.5 Å². The summed E-state index contributed by atoms with van der Waals surface area (Å²) in [5.74, 6) is -1.54. The number of para-hydroxylation sites is 1. The molecular weight excluding hydrogens is 332 g/mol. The minimum atomic E-state index is -0.930. The van der Waals surface area contributed by atoms with E-state index in [1.807, 2.05) is 24.3 Å². The van der Waals surface area contributed by atoms with E-state index in [-0.39, 0.29) is 30.2 Å². The summed E-state index contributed by atoms with van der Waals surface area (Å²) in [6.07, 6.45) is 4.62. The Morgan fingerprint density at radius 3 is 2.65 bits per heavy atom. The van der Waals surface area contributed by atoms with Gasteiger partial charge in [-0.2, -0.15) is 0 Å². The summed E-state index contributed by atoms with van der Waals surface area (Å²) in [5, 5.41) is 9.70. The molecule has 4 atom stereocenters. The number of rotatable bonds is 2. The van der Waals surface area contributed by atoms with Crippen molar-refractivity contribution in [2.45, 2.75) is 56.5 Å². The van der Waals surface area contributed by atoms with E-state index >= 15 is 0 Å². The van der Waals surface area contributed by atoms with E-state index in [0.717, 1.165) is 36.9 Å². The molecule has 0 radical (unpaired) electrons. The van der Waals surface area contributed by atoms with Crippen LogP contribution < -0.4 is 4.90 Å². The van der Waals surface area contributed by atoms with Crippen molar-refractivity contribution < 1.29 is 19.5 Å². The lowest BCUT2D eigenvalue weighted by molar-refractivity contribution is -0.151. The summed E-state index contributed by atoms with van der Waals surface area (Å²) in [4.78, 5) is 40.9. The monoisotopic (exact) mass is 356 g/mol. The van der Waals surface area contributed by atoms with Crippen molar-refractivity contribution in [1.29, 1.82) is 0 Å². The number of carboxylic acids is 1. The molecule has 1 saturated carbocycles. The molecule has 1 aromatic rings. The molecule has 2 aliphatic heterocycles. The molecule has 2 fully saturated rings. The van der Waals surface area contributed by atoms with Crippen LogP contribution in [0.4, 0.5) is 5.69 Å². The number of hydrogen-bond acceptors (Lipinski definition) is 3. The largest absolute Gasteiger partial charge is 0.480 e. The Morgan fingerprint density at radius 1 is 1.15 bits per heavy atom. The Hall–Kier alpha value is -2.37. The molecule has 2 amide bonds. The molecule has 0 aromatic heterocycles. The lowest BCUT2D eigenvalue weighted by atomic mass is 9.84. The topological polar surface area (TPSA) is 77.9 Å². The number of hydrogen-bond donors (Lipinski definition) is 1. The van der Waals surface area contributed by atoms with Gasteiger partial charge in [0, 0.05) is 25.2 Å². The fourth-order valence-corrected chi connectivity index (χ4v) is 5.04. The van der Waals surface area contributed by atoms with Crippen LogP contribution in [0.3, 0.4) is 0 Å². The van der Waals surface area contributed by atoms with Gasteiger partial charge in [0.2, 0.25) is 11.8 Å². The van der Waals surface area contributed by atoms with Gasteiger partial charge in [0.15, 0.2) is 0 Å². The number of carbonyl (C=O) groups is 3. The van der Waals surface area contributed by atoms with E-state index in [1.165, 1.54) is 0 Å². The summed E-state index contributed by atoms with van der Waals surface area (Å²) in [5.41, 5.74) is 1.57. The Morgan fingerprint density at radius 2 is 1.88 bits per heavy atom. The second kappa shape index (κ2) is 6.41. The number of amides is 2. The maximum Gasteiger partial charge on any atom is 0.326 e. The third-order valence-corrected chi connectivity index (χ3v) is 6.35. The first-order valence-corrected chi connectivity index (χ1v) is 9.39. The molecule has 1 N–H and O–H groups in total. The predicted molar refractivity (Wildman–Crippen MR) is 95.8 cm³/mol. The molecule has 3 aliphatic rings. The third-order valence-electron chi connectivity index (χ3n) is 6.35. The maximum absolute atomic E-state index is 13.5. The lowest BCUT2D eigenvalue weighted by Gasteiger charge is -2.38. The minimum absolute atomic E-state index is 0.000676. The molecule has 0 spiro atoms. The second-order valence-corrected chi connectivity index (χ2v) is 7.72. The van der Waals surface area contributed by atoms with Crippen LogP contribution in [0.1, 0.15) is 50.0 Å². The van der Waals surface area contributed by atoms with E-state index < -0.39 is 17.9 Å². The van der Waals surface area contributed by atoms with E-state index in [1.54, 1.807) is 16.8 Å². The first kappa shape index (κ1) is 17.1. The van der Waals surface area contributed by atoms with E-state index in [9.17, 15) is 19.5 Å². The molecule has 138 valence electrons. The molecular formula is C20H24N2O4. The van der Waals surface area contributed by atoms with Gasteiger partial charge >= 0.3 is 5.97 Å². The Bertz CT molecular complexity index is 762. The molecule has 6 heteroatoms. The number of benzene rings is 1. The number of nitrogens with zero attached hydrogens (tertiary/aromatic N) is 2. The van der Waals surface area contributed by atoms with Gasteiger partial charge in [-0.15, -0.1) is 0 Å². The van der Waals surface area contributed by atoms with Crippen LogP contribution in [0.15, 0.2) is 24.3 Å². The van der Waals surface area contributed by atoms with Crippen LogP contribution in [0.2, 0.25) is 0 Å². The molecule has 1 saturated heterocycles. The molecule has 6 nitrogen and oxygen atoms in total. The molecule has 1 aromatic carbocycles. The number of carbonyl (C=O) groups excluding carboxylic acids is 2. The first-order valence-electron chi connectivity index (χ1n) is 9.39. The van der Waals surface area contributed by atoms with Gasteiger partial charge in [0.05, 0.1) is 5.92 Å². The summed E-state index contributed by atoms with van der Waals surface area (Å²) in [6.45, 7) is 0. The van der Waals surface area contributed by atoms with Crippen LogP contribution in [0.5, 0.6) is 0 Å². The van der Waals surface area contributed by atoms with Gasteiger partial charge in [-0.3, -0.25) is 9.59 Å². The molecule has 0 unspecified atom stereocenters. The van der Waals surface area contributed by atoms with Crippen molar-refractivity contribution in [2.75, 3.05) is 11.9 Å². The van der Waals surface area contributed by atoms with Gasteiger partial charge in [-0.1, -0.05) is 31.0 Å². The Balaban J connectivity index is 1.71. The number of anilines is 1. The fourth-order valence-electron chi connectivity index (χ4n) is 5.04. The molecule has 1 aliphatic carbocycles. The van der Waals surface area contributed by atoms with Crippen molar-refractivity contribution in [3.63, 3.8) is 0 Å². The van der Waals surface area contributed by atoms with E-state index in [4.69, 9.17) is 0 Å². The normalized spacial score (nSPS) is 30.7. The fraction of sp³-hybridized carbons (Fsp3) is 0.550. The zero-order valence-corrected chi connectivity index (χ0v) is 14.9. The Labute approximate surface area is 152 Å². The lowest BCUT2D eigenvalue weighted by Crippen LogP contribution is -2.49. The standard InChI is InChI=1S/C20H24N2O4/c1-21-16-9-5-3-7-13(16)14(11-18(21)23)19(24)22-15-8-4-2-6-12(15)10-17(22)20(25)26/h3,5,7,9,12,14-15,17H,2,4,6,8,10-11H2,1H3,(H,25,26)/t12-,14+,15-,17+/m1/s1. The molecule has 0 bridgehead atoms. The quantitative estimate of drug-likeness (QED) is 0.882. The zero-order chi connectivity index (χ0) is 18.4. The smallest absolute Gasteiger partial charge is 0.326 e. The molecule has 2 heterocycles. The second-order valence-electron chi connectivity index (χ2n) is 7.72. The van der Waals surface area contributed by atoms with Gasteiger partial charge in [0.1, 0.15) is 6.04 Å². The van der Waals surface area contributed by atoms with Crippen LogP contribution in [0.25, 0.3) is 0 Å². The number of carboxylic acid groups (broad SMARTS) is 1. The Kier molecular flexibility index (Phi) is 4.21. The van der Waals surface area contributed by atoms with Gasteiger partial charge in [-0.25, -0.2) is 4.79 Å². The van der Waals surface area contributed by atoms with Crippen LogP contribution >= 0.6 is 0 Å². The highest BCUT2D eigenvalue weighted by Gasteiger charge is 2.50. The van der Waals surface area contributed by atoms with E-state index in [0.29, 0.717) is 6.42 Å². The van der Waals surface area contributed by atoms with Crippen LogP contribution in [-0.4, -0.2) is 46.9 Å². The van der Waals surface area contributed by atoms with Crippen molar-refractivity contribution in [1.82, 2.24) is 4.90 Å². The SMILES string of the molecule is CN1C(=O)C[C@H](C(=O)N2[C@@H]3CCCC[C@@H]3C[C@H]2C(=O)O)c2ccccc21. The first-order chi connectivity index (χ1) is 12.5. The minimum Gasteiger partial charge on any atom is -0.480 e. The predicted octanol–water partition coefficient (Wildman–Crippen LogP) is 2.38. The zero-order valence-electron chi connectivity index (χ0n) is 14.9. The third kappa shape index (κ3) is 2.59. The molecule has 4 rings (SSSR count). The number of likely N-dealkylation sites (tertiary alicyclic amines) is 1. The van der Waals surface area contributed by atoms with Gasteiger partial charge in [-0.05, 0) is 36.8 Å². The van der Waals surface area contributed by atoms with Gasteiger partial charge < -0.3 is 14.9 Å². The maximum atomic E-state index is 13.5. The summed E-state index contributed by atoms with van der Waals surface area (Å²) in [7, 11) is 1.72. The number of fused-ring (bicyclic) bond motifs is 2. The number of aliphatic carboxylic acids is 1. The van der Waals surface area contributed by atoms with Crippen LogP contribution in [-0.2, 0) is 14.4 Å². The summed E-state index contributed by atoms with van der Waals surface area (Å²) >= 11 is 0. The highest BCUT2D eigenvalue weighted by atomic mass is 16.4. The van der Waals surface area contributed by atoms with Crippen LogP contribution in [0, 0.1) is 5.92 Å². The summed E-state index contributed by atoms with van der Waals surface area (Å²) in [6, 6.07) is 6.67. The van der Waals surface area contributed by atoms with Crippen molar-refractivity contribution in [3.05, 3.63) is 29.8 Å². The van der Waals surface area contributed by atoms with Gasteiger partial charge in [0.25, 0.3) is 0 Å².